The van der Waals surface area contributed by atoms with Gasteiger partial charge in [-0.05, 0) is 33.4 Å². The van der Waals surface area contributed by atoms with Gasteiger partial charge >= 0.3 is 0 Å². The molecule has 0 spiro atoms. The molecule has 8 nitrogen and oxygen atoms in total. The highest BCUT2D eigenvalue weighted by molar-refractivity contribution is 4.89. The maximum Gasteiger partial charge on any atom is 0.240 e. The van der Waals surface area contributed by atoms with Gasteiger partial charge in [-0.25, -0.2) is 0 Å². The molecule has 1 aliphatic heterocycles. The summed E-state index contributed by atoms with van der Waals surface area (Å²) in [4.78, 5) is 13.2. The van der Waals surface area contributed by atoms with Gasteiger partial charge in [0.25, 0.3) is 0 Å². The van der Waals surface area contributed by atoms with Crippen LogP contribution in [0.4, 0.5) is 0 Å². The first-order chi connectivity index (χ1) is 10.6. The molecule has 0 aliphatic carbocycles. The quantitative estimate of drug-likeness (QED) is 0.814. The van der Waals surface area contributed by atoms with Crippen molar-refractivity contribution in [2.45, 2.75) is 45.8 Å². The summed E-state index contributed by atoms with van der Waals surface area (Å²) in [6.45, 7) is 7.12. The van der Waals surface area contributed by atoms with Crippen molar-refractivity contribution in [2.24, 2.45) is 0 Å². The Labute approximate surface area is 129 Å². The second kappa shape index (κ2) is 6.53. The summed E-state index contributed by atoms with van der Waals surface area (Å²) in [5.74, 6) is 2.73. The van der Waals surface area contributed by atoms with E-state index in [0.29, 0.717) is 30.2 Å². The topological polar surface area (TPSA) is 84.3 Å². The predicted molar refractivity (Wildman–Crippen MR) is 77.8 cm³/mol. The second-order valence-electron chi connectivity index (χ2n) is 5.91. The van der Waals surface area contributed by atoms with Gasteiger partial charge in [-0.3, -0.25) is 9.80 Å². The molecule has 8 heteroatoms. The second-order valence-corrected chi connectivity index (χ2v) is 5.91. The van der Waals surface area contributed by atoms with Crippen LogP contribution < -0.4 is 0 Å². The SMILES string of the molecule is Cc1noc(CN(C)[C@@H]2CCCN(Cc3noc(C)n3)C2)n1. The van der Waals surface area contributed by atoms with E-state index >= 15 is 0 Å². The summed E-state index contributed by atoms with van der Waals surface area (Å²) >= 11 is 0. The normalized spacial score (nSPS) is 19.9. The van der Waals surface area contributed by atoms with Crippen LogP contribution in [-0.2, 0) is 13.1 Å². The Hall–Kier alpha value is -1.80. The lowest BCUT2D eigenvalue weighted by Gasteiger charge is -2.36. The van der Waals surface area contributed by atoms with Crippen molar-refractivity contribution in [2.75, 3.05) is 20.1 Å². The summed E-state index contributed by atoms with van der Waals surface area (Å²) in [6, 6.07) is 0.467. The minimum Gasteiger partial charge on any atom is -0.340 e. The third-order valence-corrected chi connectivity index (χ3v) is 3.99. The first-order valence-electron chi connectivity index (χ1n) is 7.61. The smallest absolute Gasteiger partial charge is 0.240 e. The van der Waals surface area contributed by atoms with Gasteiger partial charge in [-0.1, -0.05) is 10.3 Å². The molecule has 120 valence electrons. The van der Waals surface area contributed by atoms with Gasteiger partial charge in [0.05, 0.1) is 13.1 Å². The molecule has 0 aromatic carbocycles. The minimum absolute atomic E-state index is 0.467. The molecule has 22 heavy (non-hydrogen) atoms. The Kier molecular flexibility index (Phi) is 4.49. The van der Waals surface area contributed by atoms with E-state index in [2.05, 4.69) is 37.1 Å². The Balaban J connectivity index is 1.55. The van der Waals surface area contributed by atoms with Gasteiger partial charge in [0.15, 0.2) is 11.6 Å². The van der Waals surface area contributed by atoms with Crippen molar-refractivity contribution in [1.29, 1.82) is 0 Å². The fourth-order valence-electron chi connectivity index (χ4n) is 2.89. The maximum atomic E-state index is 5.20. The van der Waals surface area contributed by atoms with Crippen LogP contribution in [0.25, 0.3) is 0 Å². The summed E-state index contributed by atoms with van der Waals surface area (Å²) in [5, 5.41) is 7.81. The number of nitrogens with zero attached hydrogens (tertiary/aromatic N) is 6. The van der Waals surface area contributed by atoms with Crippen LogP contribution in [0.3, 0.4) is 0 Å². The fraction of sp³-hybridized carbons (Fsp3) is 0.714. The predicted octanol–water partition coefficient (Wildman–Crippen LogP) is 1.17. The molecule has 0 N–H and O–H groups in total. The molecule has 0 unspecified atom stereocenters. The third-order valence-electron chi connectivity index (χ3n) is 3.99. The molecule has 1 saturated heterocycles. The lowest BCUT2D eigenvalue weighted by molar-refractivity contribution is 0.0972. The van der Waals surface area contributed by atoms with Crippen molar-refractivity contribution in [3.8, 4) is 0 Å². The number of hydrogen-bond donors (Lipinski definition) is 0. The van der Waals surface area contributed by atoms with Crippen molar-refractivity contribution in [1.82, 2.24) is 30.1 Å². The largest absolute Gasteiger partial charge is 0.340 e. The Bertz CT molecular complexity index is 570. The molecule has 1 fully saturated rings. The monoisotopic (exact) mass is 306 g/mol. The molecule has 0 radical (unpaired) electrons. The van der Waals surface area contributed by atoms with Crippen molar-refractivity contribution >= 4 is 0 Å². The van der Waals surface area contributed by atoms with Crippen molar-refractivity contribution < 1.29 is 9.05 Å². The van der Waals surface area contributed by atoms with Crippen molar-refractivity contribution in [3.63, 3.8) is 0 Å². The van der Waals surface area contributed by atoms with Gasteiger partial charge in [0.2, 0.25) is 11.8 Å². The minimum atomic E-state index is 0.467. The molecule has 0 bridgehead atoms. The number of likely N-dealkylation sites (N-methyl/N-ethyl adjacent to an activating group) is 1. The fourth-order valence-corrected chi connectivity index (χ4v) is 2.89. The summed E-state index contributed by atoms with van der Waals surface area (Å²) in [5.41, 5.74) is 0. The van der Waals surface area contributed by atoms with Crippen molar-refractivity contribution in [3.05, 3.63) is 23.4 Å². The number of rotatable bonds is 5. The Morgan fingerprint density at radius 3 is 2.77 bits per heavy atom. The van der Waals surface area contributed by atoms with E-state index in [4.69, 9.17) is 9.05 Å². The standard InChI is InChI=1S/C14H22N6O2/c1-10-15-14(22-17-10)9-19(3)12-5-4-6-20(7-12)8-13-16-11(2)21-18-13/h12H,4-9H2,1-3H3/t12-/m1/s1. The van der Waals surface area contributed by atoms with Gasteiger partial charge in [0, 0.05) is 19.5 Å². The number of aromatic nitrogens is 4. The summed E-state index contributed by atoms with van der Waals surface area (Å²) in [6.07, 6.45) is 2.33. The highest BCUT2D eigenvalue weighted by Crippen LogP contribution is 2.18. The van der Waals surface area contributed by atoms with E-state index in [1.54, 1.807) is 0 Å². The lowest BCUT2D eigenvalue weighted by atomic mass is 10.0. The van der Waals surface area contributed by atoms with Gasteiger partial charge in [-0.2, -0.15) is 9.97 Å². The Morgan fingerprint density at radius 1 is 1.23 bits per heavy atom. The first kappa shape index (κ1) is 15.1. The van der Waals surface area contributed by atoms with Gasteiger partial charge in [-0.15, -0.1) is 0 Å². The van der Waals surface area contributed by atoms with E-state index in [-0.39, 0.29) is 0 Å². The van der Waals surface area contributed by atoms with E-state index in [1.165, 1.54) is 6.42 Å². The van der Waals surface area contributed by atoms with Gasteiger partial charge < -0.3 is 9.05 Å². The van der Waals surface area contributed by atoms with Crippen LogP contribution >= 0.6 is 0 Å². The molecular weight excluding hydrogens is 284 g/mol. The van der Waals surface area contributed by atoms with E-state index in [0.717, 1.165) is 31.9 Å². The zero-order valence-electron chi connectivity index (χ0n) is 13.3. The third kappa shape index (κ3) is 3.69. The zero-order chi connectivity index (χ0) is 15.5. The van der Waals surface area contributed by atoms with Crippen LogP contribution in [0.1, 0.15) is 36.3 Å². The van der Waals surface area contributed by atoms with E-state index in [9.17, 15) is 0 Å². The molecule has 3 rings (SSSR count). The highest BCUT2D eigenvalue weighted by atomic mass is 16.5. The number of aryl methyl sites for hydroxylation is 2. The van der Waals surface area contributed by atoms with Crippen LogP contribution in [0.2, 0.25) is 0 Å². The summed E-state index contributed by atoms with van der Waals surface area (Å²) < 4.78 is 10.2. The van der Waals surface area contributed by atoms with Gasteiger partial charge in [0.1, 0.15) is 0 Å². The molecule has 3 heterocycles. The highest BCUT2D eigenvalue weighted by Gasteiger charge is 2.25. The lowest BCUT2D eigenvalue weighted by Crippen LogP contribution is -2.45. The average molecular weight is 306 g/mol. The van der Waals surface area contributed by atoms with Crippen LogP contribution in [0.15, 0.2) is 9.05 Å². The molecule has 0 saturated carbocycles. The van der Waals surface area contributed by atoms with Crippen LogP contribution in [0, 0.1) is 13.8 Å². The molecule has 1 aliphatic rings. The average Bonchev–Trinajstić information content (AvgIpc) is 3.08. The molecular formula is C14H22N6O2. The van der Waals surface area contributed by atoms with Crippen LogP contribution in [0.5, 0.6) is 0 Å². The zero-order valence-corrected chi connectivity index (χ0v) is 13.3. The number of piperidine rings is 1. The first-order valence-corrected chi connectivity index (χ1v) is 7.61. The maximum absolute atomic E-state index is 5.20. The summed E-state index contributed by atoms with van der Waals surface area (Å²) in [7, 11) is 2.10. The van der Waals surface area contributed by atoms with Crippen LogP contribution in [-0.4, -0.2) is 56.3 Å². The Morgan fingerprint density at radius 2 is 2.09 bits per heavy atom. The number of likely N-dealkylation sites (tertiary alicyclic amines) is 1. The number of hydrogen-bond acceptors (Lipinski definition) is 8. The van der Waals surface area contributed by atoms with E-state index in [1.807, 2.05) is 13.8 Å². The molecule has 2 aromatic heterocycles. The molecule has 0 amide bonds. The van der Waals surface area contributed by atoms with E-state index < -0.39 is 0 Å². The molecule has 1 atom stereocenters. The molecule has 2 aromatic rings.